The minimum Gasteiger partial charge on any atom is -0.391 e. The molecule has 0 saturated carbocycles. The van der Waals surface area contributed by atoms with Crippen LogP contribution < -0.4 is 0 Å². The van der Waals surface area contributed by atoms with E-state index in [4.69, 9.17) is 0 Å². The van der Waals surface area contributed by atoms with Crippen molar-refractivity contribution in [2.24, 2.45) is 0 Å². The highest BCUT2D eigenvalue weighted by molar-refractivity contribution is 5.34. The van der Waals surface area contributed by atoms with Crippen molar-refractivity contribution in [1.29, 1.82) is 0 Å². The van der Waals surface area contributed by atoms with E-state index in [1.54, 1.807) is 0 Å². The summed E-state index contributed by atoms with van der Waals surface area (Å²) in [5, 5.41) is 10.4. The quantitative estimate of drug-likeness (QED) is 0.828. The van der Waals surface area contributed by atoms with Crippen LogP contribution in [0, 0.1) is 0 Å². The Balaban J connectivity index is 2.35. The summed E-state index contributed by atoms with van der Waals surface area (Å²) >= 11 is 0. The highest BCUT2D eigenvalue weighted by atomic mass is 16.3. The van der Waals surface area contributed by atoms with Crippen LogP contribution in [0.2, 0.25) is 0 Å². The fourth-order valence-corrected chi connectivity index (χ4v) is 3.39. The molecule has 0 bridgehead atoms. The number of aliphatic hydroxyl groups is 1. The maximum atomic E-state index is 10.4. The molecule has 0 spiro atoms. The van der Waals surface area contributed by atoms with Gasteiger partial charge in [0.05, 0.1) is 17.7 Å². The van der Waals surface area contributed by atoms with Gasteiger partial charge in [0.25, 0.3) is 0 Å². The predicted octanol–water partition coefficient (Wildman–Crippen LogP) is 3.37. The van der Waals surface area contributed by atoms with E-state index < -0.39 is 0 Å². The van der Waals surface area contributed by atoms with Crippen LogP contribution in [-0.4, -0.2) is 27.2 Å². The molecule has 1 heterocycles. The number of benzene rings is 1. The maximum absolute atomic E-state index is 10.4. The van der Waals surface area contributed by atoms with Crippen molar-refractivity contribution < 1.29 is 5.11 Å². The Labute approximate surface area is 111 Å². The van der Waals surface area contributed by atoms with E-state index in [1.807, 2.05) is 6.07 Å². The van der Waals surface area contributed by atoms with Crippen LogP contribution in [0.15, 0.2) is 30.3 Å². The Morgan fingerprint density at radius 2 is 1.83 bits per heavy atom. The van der Waals surface area contributed by atoms with Crippen molar-refractivity contribution >= 4 is 0 Å². The fourth-order valence-electron chi connectivity index (χ4n) is 3.39. The first kappa shape index (κ1) is 13.6. The molecule has 2 heteroatoms. The number of aliphatic hydroxyl groups excluding tert-OH is 1. The lowest BCUT2D eigenvalue weighted by Crippen LogP contribution is -2.38. The second kappa shape index (κ2) is 4.36. The Morgan fingerprint density at radius 1 is 1.28 bits per heavy atom. The van der Waals surface area contributed by atoms with Crippen molar-refractivity contribution in [3.05, 3.63) is 35.9 Å². The van der Waals surface area contributed by atoms with Crippen molar-refractivity contribution in [1.82, 2.24) is 4.90 Å². The van der Waals surface area contributed by atoms with Gasteiger partial charge in [0.2, 0.25) is 0 Å². The van der Waals surface area contributed by atoms with E-state index >= 15 is 0 Å². The third-order valence-electron chi connectivity index (χ3n) is 4.16. The zero-order valence-electron chi connectivity index (χ0n) is 12.1. The summed E-state index contributed by atoms with van der Waals surface area (Å²) in [7, 11) is 0. The van der Waals surface area contributed by atoms with Gasteiger partial charge in [0, 0.05) is 5.54 Å². The van der Waals surface area contributed by atoms with Gasteiger partial charge in [-0.05, 0) is 39.7 Å². The zero-order valence-corrected chi connectivity index (χ0v) is 12.1. The smallest absolute Gasteiger partial charge is 0.0737 e. The molecule has 1 unspecified atom stereocenters. The van der Waals surface area contributed by atoms with E-state index in [-0.39, 0.29) is 17.2 Å². The molecular weight excluding hydrogens is 222 g/mol. The monoisotopic (exact) mass is 247 g/mol. The van der Waals surface area contributed by atoms with Gasteiger partial charge in [-0.15, -0.1) is 0 Å². The highest BCUT2D eigenvalue weighted by Crippen LogP contribution is 2.59. The summed E-state index contributed by atoms with van der Waals surface area (Å²) in [6.45, 7) is 10.9. The molecule has 0 radical (unpaired) electrons. The van der Waals surface area contributed by atoms with Crippen LogP contribution >= 0.6 is 0 Å². The lowest BCUT2D eigenvalue weighted by atomic mass is 9.94. The van der Waals surface area contributed by atoms with Crippen molar-refractivity contribution in [3.8, 4) is 0 Å². The van der Waals surface area contributed by atoms with E-state index in [0.717, 1.165) is 6.42 Å². The molecule has 1 N–H and O–H groups in total. The van der Waals surface area contributed by atoms with Crippen molar-refractivity contribution in [3.63, 3.8) is 0 Å². The van der Waals surface area contributed by atoms with Crippen LogP contribution in [0.4, 0.5) is 0 Å². The molecule has 1 aromatic rings. The number of hydrogen-bond donors (Lipinski definition) is 1. The first-order valence-electron chi connectivity index (χ1n) is 6.86. The summed E-state index contributed by atoms with van der Waals surface area (Å²) in [6.07, 6.45) is 0.522. The maximum Gasteiger partial charge on any atom is 0.0737 e. The second-order valence-electron chi connectivity index (χ2n) is 6.50. The summed E-state index contributed by atoms with van der Waals surface area (Å²) in [6, 6.07) is 10.9. The molecule has 4 atom stereocenters. The summed E-state index contributed by atoms with van der Waals surface area (Å²) < 4.78 is 0. The molecule has 1 aliphatic heterocycles. The zero-order chi connectivity index (χ0) is 13.6. The Kier molecular flexibility index (Phi) is 3.28. The van der Waals surface area contributed by atoms with Crippen LogP contribution in [0.5, 0.6) is 0 Å². The van der Waals surface area contributed by atoms with E-state index in [2.05, 4.69) is 63.8 Å². The van der Waals surface area contributed by atoms with Gasteiger partial charge < -0.3 is 5.11 Å². The molecule has 0 amide bonds. The van der Waals surface area contributed by atoms with Crippen LogP contribution in [-0.2, 0) is 0 Å². The van der Waals surface area contributed by atoms with Gasteiger partial charge in [-0.3, -0.25) is 4.90 Å². The van der Waals surface area contributed by atoms with Crippen LogP contribution in [0.3, 0.4) is 0 Å². The molecular formula is C16H25NO. The lowest BCUT2D eigenvalue weighted by Gasteiger charge is -2.27. The highest BCUT2D eigenvalue weighted by Gasteiger charge is 2.66. The van der Waals surface area contributed by atoms with Gasteiger partial charge in [0.15, 0.2) is 0 Å². The molecule has 1 aliphatic rings. The normalized spacial score (nSPS) is 33.2. The summed E-state index contributed by atoms with van der Waals surface area (Å²) in [5.41, 5.74) is 1.25. The molecule has 0 aromatic heterocycles. The Bertz CT molecular complexity index is 409. The largest absolute Gasteiger partial charge is 0.391 e. The molecule has 1 fully saturated rings. The minimum absolute atomic E-state index is 0.0748. The van der Waals surface area contributed by atoms with E-state index in [9.17, 15) is 5.11 Å². The van der Waals surface area contributed by atoms with Crippen molar-refractivity contribution in [2.75, 3.05) is 0 Å². The Morgan fingerprint density at radius 3 is 2.28 bits per heavy atom. The number of nitrogens with zero attached hydrogens (tertiary/aromatic N) is 1. The third kappa shape index (κ3) is 1.98. The topological polar surface area (TPSA) is 23.2 Å². The van der Waals surface area contributed by atoms with Gasteiger partial charge >= 0.3 is 0 Å². The first-order chi connectivity index (χ1) is 8.33. The number of hydrogen-bond acceptors (Lipinski definition) is 2. The number of rotatable bonds is 3. The minimum atomic E-state index is -0.276. The lowest BCUT2D eigenvalue weighted by molar-refractivity contribution is 0.0873. The van der Waals surface area contributed by atoms with Crippen molar-refractivity contribution in [2.45, 2.75) is 64.3 Å². The average molecular weight is 247 g/mol. The molecule has 2 nitrogen and oxygen atoms in total. The molecule has 18 heavy (non-hydrogen) atoms. The van der Waals surface area contributed by atoms with Crippen LogP contribution in [0.1, 0.15) is 52.6 Å². The van der Waals surface area contributed by atoms with E-state index in [1.165, 1.54) is 5.56 Å². The van der Waals surface area contributed by atoms with Gasteiger partial charge in [0.1, 0.15) is 0 Å². The molecule has 2 rings (SSSR count). The fraction of sp³-hybridized carbons (Fsp3) is 0.625. The molecule has 1 saturated heterocycles. The van der Waals surface area contributed by atoms with Gasteiger partial charge in [-0.2, -0.15) is 0 Å². The molecule has 100 valence electrons. The third-order valence-corrected chi connectivity index (χ3v) is 4.16. The standard InChI is InChI=1S/C16H25NO/c1-6-13(18)16(5)14(17(16)15(2,3)4)12-10-8-7-9-11-12/h7-11,13-14,18H,6H2,1-5H3/t13-,14+,16-,17?/m1/s1. The molecule has 1 aromatic carbocycles. The summed E-state index contributed by atoms with van der Waals surface area (Å²) in [5.74, 6) is 0. The van der Waals surface area contributed by atoms with Gasteiger partial charge in [-0.25, -0.2) is 0 Å². The summed E-state index contributed by atoms with van der Waals surface area (Å²) in [4.78, 5) is 2.43. The Hall–Kier alpha value is -0.860. The SMILES string of the molecule is CC[C@@H](O)[C@]1(C)[C@H](c2ccccc2)N1C(C)(C)C. The van der Waals surface area contributed by atoms with E-state index in [0.29, 0.717) is 6.04 Å². The average Bonchev–Trinajstić information content (AvgIpc) is 2.97. The predicted molar refractivity (Wildman–Crippen MR) is 75.5 cm³/mol. The molecule has 0 aliphatic carbocycles. The first-order valence-corrected chi connectivity index (χ1v) is 6.86. The van der Waals surface area contributed by atoms with Gasteiger partial charge in [-0.1, -0.05) is 37.3 Å². The second-order valence-corrected chi connectivity index (χ2v) is 6.50. The van der Waals surface area contributed by atoms with Crippen LogP contribution in [0.25, 0.3) is 0 Å².